The van der Waals surface area contributed by atoms with Gasteiger partial charge in [-0.25, -0.2) is 8.42 Å². The van der Waals surface area contributed by atoms with Crippen molar-refractivity contribution < 1.29 is 13.2 Å². The molecule has 1 aliphatic rings. The molecule has 0 spiro atoms. The van der Waals surface area contributed by atoms with Gasteiger partial charge in [0.2, 0.25) is 0 Å². The second-order valence-corrected chi connectivity index (χ2v) is 11.0. The Morgan fingerprint density at radius 1 is 0.771 bits per heavy atom. The maximum Gasteiger partial charge on any atom is 0.261 e. The summed E-state index contributed by atoms with van der Waals surface area (Å²) in [6.07, 6.45) is 0. The van der Waals surface area contributed by atoms with E-state index in [4.69, 9.17) is 0 Å². The molecule has 35 heavy (non-hydrogen) atoms. The lowest BCUT2D eigenvalue weighted by molar-refractivity contribution is 0.0747. The fourth-order valence-corrected chi connectivity index (χ4v) is 5.56. The Morgan fingerprint density at radius 2 is 1.43 bits per heavy atom. The van der Waals surface area contributed by atoms with Crippen LogP contribution in [0.25, 0.3) is 10.8 Å². The summed E-state index contributed by atoms with van der Waals surface area (Å²) in [6.45, 7) is 2.68. The van der Waals surface area contributed by atoms with Gasteiger partial charge >= 0.3 is 0 Å². The van der Waals surface area contributed by atoms with Gasteiger partial charge in [0.1, 0.15) is 0 Å². The summed E-state index contributed by atoms with van der Waals surface area (Å²) in [5, 5.41) is 2.18. The SMILES string of the molecule is O=C(c1ccc2ccccc2c1)N1CCN(c2ccc(NS(=O)(=O)c3ccc(Br)cc3)cc2)CC1. The van der Waals surface area contributed by atoms with Gasteiger partial charge in [0.05, 0.1) is 4.90 Å². The van der Waals surface area contributed by atoms with E-state index in [1.54, 1.807) is 36.4 Å². The van der Waals surface area contributed by atoms with Crippen LogP contribution in [0.5, 0.6) is 0 Å². The number of amides is 1. The van der Waals surface area contributed by atoms with E-state index in [1.807, 2.05) is 59.5 Å². The largest absolute Gasteiger partial charge is 0.368 e. The summed E-state index contributed by atoms with van der Waals surface area (Å²) < 4.78 is 28.7. The average Bonchev–Trinajstić information content (AvgIpc) is 2.88. The molecule has 1 fully saturated rings. The number of rotatable bonds is 5. The summed E-state index contributed by atoms with van der Waals surface area (Å²) in [6, 6.07) is 27.7. The Labute approximate surface area is 213 Å². The minimum absolute atomic E-state index is 0.0492. The van der Waals surface area contributed by atoms with E-state index in [1.165, 1.54) is 0 Å². The number of carbonyl (C=O) groups is 1. The molecule has 1 amide bonds. The van der Waals surface area contributed by atoms with E-state index < -0.39 is 10.0 Å². The molecule has 0 aromatic heterocycles. The number of sulfonamides is 1. The van der Waals surface area contributed by atoms with Crippen LogP contribution < -0.4 is 9.62 Å². The Morgan fingerprint density at radius 3 is 2.11 bits per heavy atom. The predicted molar refractivity (Wildman–Crippen MR) is 143 cm³/mol. The van der Waals surface area contributed by atoms with Gasteiger partial charge in [-0.2, -0.15) is 0 Å². The lowest BCUT2D eigenvalue weighted by Gasteiger charge is -2.36. The Hall–Kier alpha value is -3.36. The first-order valence-electron chi connectivity index (χ1n) is 11.3. The monoisotopic (exact) mass is 549 g/mol. The number of halogens is 1. The van der Waals surface area contributed by atoms with Crippen LogP contribution >= 0.6 is 15.9 Å². The van der Waals surface area contributed by atoms with Gasteiger partial charge < -0.3 is 9.80 Å². The van der Waals surface area contributed by atoms with Crippen LogP contribution in [0.1, 0.15) is 10.4 Å². The predicted octanol–water partition coefficient (Wildman–Crippen LogP) is 5.37. The number of nitrogens with one attached hydrogen (secondary N) is 1. The smallest absolute Gasteiger partial charge is 0.261 e. The van der Waals surface area contributed by atoms with Crippen molar-refractivity contribution in [3.63, 3.8) is 0 Å². The summed E-state index contributed by atoms with van der Waals surface area (Å²) >= 11 is 3.32. The zero-order chi connectivity index (χ0) is 24.4. The fraction of sp³-hybridized carbons (Fsp3) is 0.148. The molecule has 1 aliphatic heterocycles. The molecule has 0 unspecified atom stereocenters. The van der Waals surface area contributed by atoms with Crippen LogP contribution in [0, 0.1) is 0 Å². The van der Waals surface area contributed by atoms with Crippen molar-refractivity contribution in [2.75, 3.05) is 35.8 Å². The summed E-state index contributed by atoms with van der Waals surface area (Å²) in [7, 11) is -3.65. The quantitative estimate of drug-likeness (QED) is 0.363. The van der Waals surface area contributed by atoms with E-state index in [2.05, 4.69) is 25.6 Å². The van der Waals surface area contributed by atoms with Crippen LogP contribution in [-0.2, 0) is 10.0 Å². The molecule has 178 valence electrons. The minimum Gasteiger partial charge on any atom is -0.368 e. The van der Waals surface area contributed by atoms with Crippen molar-refractivity contribution >= 4 is 54.0 Å². The molecule has 1 saturated heterocycles. The molecule has 0 bridgehead atoms. The average molecular weight is 550 g/mol. The summed E-state index contributed by atoms with van der Waals surface area (Å²) in [5.74, 6) is 0.0492. The molecule has 4 aromatic carbocycles. The maximum atomic E-state index is 13.0. The molecule has 0 atom stereocenters. The van der Waals surface area contributed by atoms with E-state index in [0.717, 1.165) is 20.9 Å². The third-order valence-electron chi connectivity index (χ3n) is 6.17. The number of piperazine rings is 1. The van der Waals surface area contributed by atoms with Gasteiger partial charge in [0, 0.05) is 47.6 Å². The third-order valence-corrected chi connectivity index (χ3v) is 8.10. The summed E-state index contributed by atoms with van der Waals surface area (Å²) in [5.41, 5.74) is 2.20. The van der Waals surface area contributed by atoms with E-state index in [-0.39, 0.29) is 10.8 Å². The number of fused-ring (bicyclic) bond motifs is 1. The molecule has 4 aromatic rings. The number of benzene rings is 4. The highest BCUT2D eigenvalue weighted by atomic mass is 79.9. The number of anilines is 2. The van der Waals surface area contributed by atoms with Crippen molar-refractivity contribution in [2.45, 2.75) is 4.90 Å². The van der Waals surface area contributed by atoms with Gasteiger partial charge in [0.15, 0.2) is 0 Å². The summed E-state index contributed by atoms with van der Waals surface area (Å²) in [4.78, 5) is 17.3. The van der Waals surface area contributed by atoms with Gasteiger partial charge in [-0.1, -0.05) is 46.3 Å². The molecule has 1 N–H and O–H groups in total. The van der Waals surface area contributed by atoms with Crippen LogP contribution in [0.3, 0.4) is 0 Å². The molecular formula is C27H24BrN3O3S. The Balaban J connectivity index is 1.20. The van der Waals surface area contributed by atoms with Crippen molar-refractivity contribution in [1.82, 2.24) is 4.90 Å². The zero-order valence-corrected chi connectivity index (χ0v) is 21.3. The topological polar surface area (TPSA) is 69.7 Å². The first kappa shape index (κ1) is 23.4. The third kappa shape index (κ3) is 5.18. The number of hydrogen-bond donors (Lipinski definition) is 1. The van der Waals surface area contributed by atoms with Gasteiger partial charge in [-0.05, 0) is 71.4 Å². The van der Waals surface area contributed by atoms with E-state index in [0.29, 0.717) is 37.4 Å². The standard InChI is InChI=1S/C27H24BrN3O3S/c28-23-7-13-26(14-8-23)35(33,34)29-24-9-11-25(12-10-24)30-15-17-31(18-16-30)27(32)22-6-5-20-3-1-2-4-21(20)19-22/h1-14,19,29H,15-18H2. The highest BCUT2D eigenvalue weighted by Gasteiger charge is 2.23. The van der Waals surface area contributed by atoms with Crippen LogP contribution in [0.4, 0.5) is 11.4 Å². The molecule has 8 heteroatoms. The molecular weight excluding hydrogens is 526 g/mol. The van der Waals surface area contributed by atoms with E-state index >= 15 is 0 Å². The van der Waals surface area contributed by atoms with Gasteiger partial charge in [0.25, 0.3) is 15.9 Å². The minimum atomic E-state index is -3.65. The first-order chi connectivity index (χ1) is 16.9. The zero-order valence-electron chi connectivity index (χ0n) is 18.9. The maximum absolute atomic E-state index is 13.0. The first-order valence-corrected chi connectivity index (χ1v) is 13.6. The number of hydrogen-bond acceptors (Lipinski definition) is 4. The molecule has 0 aliphatic carbocycles. The lowest BCUT2D eigenvalue weighted by Crippen LogP contribution is -2.48. The van der Waals surface area contributed by atoms with Crippen molar-refractivity contribution in [1.29, 1.82) is 0 Å². The lowest BCUT2D eigenvalue weighted by atomic mass is 10.1. The highest BCUT2D eigenvalue weighted by Crippen LogP contribution is 2.23. The van der Waals surface area contributed by atoms with Crippen molar-refractivity contribution in [2.24, 2.45) is 0 Å². The number of nitrogens with zero attached hydrogens (tertiary/aromatic N) is 2. The second-order valence-electron chi connectivity index (χ2n) is 8.45. The number of carbonyl (C=O) groups excluding carboxylic acids is 1. The van der Waals surface area contributed by atoms with Gasteiger partial charge in [-0.3, -0.25) is 9.52 Å². The van der Waals surface area contributed by atoms with Crippen molar-refractivity contribution in [3.05, 3.63) is 101 Å². The Kier molecular flexibility index (Phi) is 6.49. The second kappa shape index (κ2) is 9.71. The van der Waals surface area contributed by atoms with Crippen molar-refractivity contribution in [3.8, 4) is 0 Å². The Bertz CT molecular complexity index is 1460. The van der Waals surface area contributed by atoms with Crippen LogP contribution in [0.2, 0.25) is 0 Å². The fourth-order valence-electron chi connectivity index (χ4n) is 4.24. The molecule has 6 nitrogen and oxygen atoms in total. The molecule has 1 heterocycles. The van der Waals surface area contributed by atoms with Gasteiger partial charge in [-0.15, -0.1) is 0 Å². The normalized spacial score (nSPS) is 14.2. The molecule has 0 saturated carbocycles. The van der Waals surface area contributed by atoms with Crippen LogP contribution in [0.15, 0.2) is 100 Å². The van der Waals surface area contributed by atoms with Crippen LogP contribution in [-0.4, -0.2) is 45.4 Å². The molecule has 5 rings (SSSR count). The van der Waals surface area contributed by atoms with E-state index in [9.17, 15) is 13.2 Å². The molecule has 0 radical (unpaired) electrons. The highest BCUT2D eigenvalue weighted by molar-refractivity contribution is 9.10.